The number of halogens is 1. The van der Waals surface area contributed by atoms with Gasteiger partial charge in [0.2, 0.25) is 5.60 Å². The molecule has 1 aliphatic rings. The maximum Gasteiger partial charge on any atom is 0.346 e. The molecule has 1 aromatic carbocycles. The zero-order valence-electron chi connectivity index (χ0n) is 16.0. The van der Waals surface area contributed by atoms with Crippen molar-refractivity contribution in [2.75, 3.05) is 13.2 Å². The summed E-state index contributed by atoms with van der Waals surface area (Å²) in [6.07, 6.45) is 0.284. The van der Waals surface area contributed by atoms with Crippen molar-refractivity contribution in [1.29, 1.82) is 0 Å². The lowest BCUT2D eigenvalue weighted by atomic mass is 9.89. The summed E-state index contributed by atoms with van der Waals surface area (Å²) in [7, 11) is 0. The van der Waals surface area contributed by atoms with Gasteiger partial charge in [-0.1, -0.05) is 18.1 Å². The topological polar surface area (TPSA) is 123 Å². The van der Waals surface area contributed by atoms with Gasteiger partial charge in [0.05, 0.1) is 13.2 Å². The van der Waals surface area contributed by atoms with Crippen molar-refractivity contribution < 1.29 is 39.1 Å². The number of carbonyl (C=O) groups excluding carboxylic acids is 2. The van der Waals surface area contributed by atoms with Gasteiger partial charge >= 0.3 is 5.97 Å². The molecule has 1 saturated heterocycles. The van der Waals surface area contributed by atoms with Crippen molar-refractivity contribution in [3.05, 3.63) is 33.4 Å². The molecule has 1 aliphatic heterocycles. The minimum absolute atomic E-state index is 0.0234. The predicted octanol–water partition coefficient (Wildman–Crippen LogP) is 0.184. The standard InChI is InChI=1S/C20H23IO8/c1-4-19(26)15(29-17(24)16(19)23)11-28-20(12(3)22,18(25)27-5-2)10-13-6-8-14(21)9-7-13/h1,6-9,15-17,23-24,26H,5,10-11H2,2-3H3/t15-,16+,17?,19-,20?/m1/s1. The number of ether oxygens (including phenoxy) is 3. The van der Waals surface area contributed by atoms with Crippen molar-refractivity contribution in [3.8, 4) is 12.3 Å². The molecule has 2 rings (SSSR count). The predicted molar refractivity (Wildman–Crippen MR) is 110 cm³/mol. The second-order valence-corrected chi connectivity index (χ2v) is 7.89. The zero-order valence-corrected chi connectivity index (χ0v) is 18.2. The average molecular weight is 518 g/mol. The smallest absolute Gasteiger partial charge is 0.346 e. The number of hydrogen-bond acceptors (Lipinski definition) is 8. The maximum absolute atomic E-state index is 12.7. The lowest BCUT2D eigenvalue weighted by Crippen LogP contribution is -2.55. The van der Waals surface area contributed by atoms with E-state index in [-0.39, 0.29) is 13.0 Å². The van der Waals surface area contributed by atoms with E-state index in [4.69, 9.17) is 20.6 Å². The van der Waals surface area contributed by atoms with E-state index in [1.165, 1.54) is 6.92 Å². The second-order valence-electron chi connectivity index (χ2n) is 6.65. The van der Waals surface area contributed by atoms with Crippen LogP contribution in [0.1, 0.15) is 19.4 Å². The molecule has 0 spiro atoms. The first-order valence-electron chi connectivity index (χ1n) is 8.89. The highest BCUT2D eigenvalue weighted by atomic mass is 127. The van der Waals surface area contributed by atoms with Gasteiger partial charge in [0, 0.05) is 9.99 Å². The Morgan fingerprint density at radius 3 is 2.48 bits per heavy atom. The van der Waals surface area contributed by atoms with E-state index in [1.807, 2.05) is 18.1 Å². The number of esters is 1. The molecule has 0 bridgehead atoms. The number of carbonyl (C=O) groups is 2. The molecule has 2 unspecified atom stereocenters. The van der Waals surface area contributed by atoms with Gasteiger partial charge in [0.15, 0.2) is 17.7 Å². The number of rotatable bonds is 8. The lowest BCUT2D eigenvalue weighted by molar-refractivity contribution is -0.187. The molecule has 8 nitrogen and oxygen atoms in total. The van der Waals surface area contributed by atoms with E-state index in [1.54, 1.807) is 19.1 Å². The highest BCUT2D eigenvalue weighted by molar-refractivity contribution is 14.1. The molecule has 1 fully saturated rings. The number of aliphatic hydroxyl groups is 3. The van der Waals surface area contributed by atoms with E-state index in [0.717, 1.165) is 3.57 Å². The normalized spacial score (nSPS) is 28.4. The number of terminal acetylenes is 1. The summed E-state index contributed by atoms with van der Waals surface area (Å²) in [5.74, 6) is 0.478. The Bertz CT molecular complexity index is 789. The largest absolute Gasteiger partial charge is 0.463 e. The third-order valence-corrected chi connectivity index (χ3v) is 5.49. The van der Waals surface area contributed by atoms with Crippen LogP contribution < -0.4 is 0 Å². The molecule has 29 heavy (non-hydrogen) atoms. The molecule has 0 aliphatic carbocycles. The van der Waals surface area contributed by atoms with Crippen LogP contribution in [-0.2, 0) is 30.2 Å². The summed E-state index contributed by atoms with van der Waals surface area (Å²) >= 11 is 2.13. The summed E-state index contributed by atoms with van der Waals surface area (Å²) in [5.41, 5.74) is -3.62. The Kier molecular flexibility index (Phi) is 7.78. The van der Waals surface area contributed by atoms with Crippen LogP contribution in [0.5, 0.6) is 0 Å². The van der Waals surface area contributed by atoms with Crippen LogP contribution in [0.15, 0.2) is 24.3 Å². The first kappa shape index (κ1) is 23.7. The van der Waals surface area contributed by atoms with E-state index in [0.29, 0.717) is 5.56 Å². The molecular formula is C20H23IO8. The minimum atomic E-state index is -2.25. The van der Waals surface area contributed by atoms with Crippen molar-refractivity contribution in [3.63, 3.8) is 0 Å². The molecule has 5 atom stereocenters. The third-order valence-electron chi connectivity index (χ3n) is 4.77. The molecule has 0 saturated carbocycles. The van der Waals surface area contributed by atoms with Crippen LogP contribution in [0, 0.1) is 15.9 Å². The van der Waals surface area contributed by atoms with Gasteiger partial charge in [-0.2, -0.15) is 0 Å². The molecule has 158 valence electrons. The number of hydrogen-bond donors (Lipinski definition) is 3. The highest BCUT2D eigenvalue weighted by Crippen LogP contribution is 2.32. The van der Waals surface area contributed by atoms with Crippen molar-refractivity contribution in [2.45, 2.75) is 50.0 Å². The quantitative estimate of drug-likeness (QED) is 0.193. The van der Waals surface area contributed by atoms with E-state index >= 15 is 0 Å². The number of benzene rings is 1. The summed E-state index contributed by atoms with van der Waals surface area (Å²) in [6.45, 7) is 2.26. The van der Waals surface area contributed by atoms with Gasteiger partial charge < -0.3 is 29.5 Å². The Morgan fingerprint density at radius 2 is 1.97 bits per heavy atom. The van der Waals surface area contributed by atoms with Crippen LogP contribution in [-0.4, -0.2) is 70.0 Å². The fraction of sp³-hybridized carbons (Fsp3) is 0.500. The monoisotopic (exact) mass is 518 g/mol. The zero-order chi connectivity index (χ0) is 21.8. The van der Waals surface area contributed by atoms with Crippen LogP contribution in [0.4, 0.5) is 0 Å². The summed E-state index contributed by atoms with van der Waals surface area (Å²) in [4.78, 5) is 25.3. The first-order valence-corrected chi connectivity index (χ1v) is 9.97. The Morgan fingerprint density at radius 1 is 1.34 bits per heavy atom. The number of ketones is 1. The second kappa shape index (κ2) is 9.51. The summed E-state index contributed by atoms with van der Waals surface area (Å²) in [6, 6.07) is 7.13. The Hall–Kier alpha value is -1.55. The summed E-state index contributed by atoms with van der Waals surface area (Å²) < 4.78 is 16.8. The van der Waals surface area contributed by atoms with Crippen LogP contribution >= 0.6 is 22.6 Å². The van der Waals surface area contributed by atoms with Crippen molar-refractivity contribution >= 4 is 34.3 Å². The molecule has 1 aromatic rings. The molecule has 0 aromatic heterocycles. The van der Waals surface area contributed by atoms with Gasteiger partial charge in [-0.05, 0) is 54.1 Å². The van der Waals surface area contributed by atoms with E-state index < -0.39 is 48.1 Å². The average Bonchev–Trinajstić information content (AvgIpc) is 2.90. The molecule has 1 heterocycles. The number of aliphatic hydroxyl groups excluding tert-OH is 2. The number of Topliss-reactive ketones (excluding diaryl/α,β-unsaturated/α-hetero) is 1. The van der Waals surface area contributed by atoms with Gasteiger partial charge in [-0.15, -0.1) is 6.42 Å². The fourth-order valence-electron chi connectivity index (χ4n) is 3.01. The molecule has 3 N–H and O–H groups in total. The van der Waals surface area contributed by atoms with Crippen LogP contribution in [0.2, 0.25) is 0 Å². The van der Waals surface area contributed by atoms with E-state index in [9.17, 15) is 24.9 Å². The third kappa shape index (κ3) is 4.79. The molecule has 0 amide bonds. The van der Waals surface area contributed by atoms with Gasteiger partial charge in [-0.3, -0.25) is 4.79 Å². The Labute approximate surface area is 182 Å². The summed E-state index contributed by atoms with van der Waals surface area (Å²) in [5, 5.41) is 30.0. The van der Waals surface area contributed by atoms with Gasteiger partial charge in [0.25, 0.3) is 0 Å². The minimum Gasteiger partial charge on any atom is -0.463 e. The van der Waals surface area contributed by atoms with Crippen molar-refractivity contribution in [2.24, 2.45) is 0 Å². The van der Waals surface area contributed by atoms with Crippen molar-refractivity contribution in [1.82, 2.24) is 0 Å². The lowest BCUT2D eigenvalue weighted by Gasteiger charge is -2.32. The fourth-order valence-corrected chi connectivity index (χ4v) is 3.37. The van der Waals surface area contributed by atoms with Gasteiger partial charge in [0.1, 0.15) is 12.2 Å². The van der Waals surface area contributed by atoms with Crippen LogP contribution in [0.25, 0.3) is 0 Å². The Balaban J connectivity index is 2.34. The first-order chi connectivity index (χ1) is 13.6. The molecule has 9 heteroatoms. The highest BCUT2D eigenvalue weighted by Gasteiger charge is 2.56. The SMILES string of the molecule is C#C[C@@]1(O)[C@@H](COC(Cc2ccc(I)cc2)(C(C)=O)C(=O)OCC)OC(O)[C@@H]1O. The molecule has 0 radical (unpaired) electrons. The van der Waals surface area contributed by atoms with Crippen LogP contribution in [0.3, 0.4) is 0 Å². The maximum atomic E-state index is 12.7. The van der Waals surface area contributed by atoms with Gasteiger partial charge in [-0.25, -0.2) is 4.79 Å². The molecular weight excluding hydrogens is 495 g/mol. The van der Waals surface area contributed by atoms with E-state index in [2.05, 4.69) is 22.6 Å².